The number of anilines is 1. The Bertz CT molecular complexity index is 540. The Labute approximate surface area is 122 Å². The van der Waals surface area contributed by atoms with E-state index in [4.69, 9.17) is 0 Å². The highest BCUT2D eigenvalue weighted by Crippen LogP contribution is 2.28. The standard InChI is InChI=1S/C15H24N2O2S/c1-4-12-20(18,19)17-11-10-16(13-15(17,2)3)14-8-6-5-7-9-14/h5-9H,4,10-13H2,1-3H3. The molecule has 1 aliphatic rings. The molecule has 0 aliphatic carbocycles. The average molecular weight is 296 g/mol. The van der Waals surface area contributed by atoms with E-state index in [1.807, 2.05) is 39.0 Å². The molecule has 1 saturated heterocycles. The fourth-order valence-electron chi connectivity index (χ4n) is 2.88. The fourth-order valence-corrected chi connectivity index (χ4v) is 4.79. The van der Waals surface area contributed by atoms with Crippen molar-refractivity contribution in [3.8, 4) is 0 Å². The summed E-state index contributed by atoms with van der Waals surface area (Å²) in [6.45, 7) is 7.95. The van der Waals surface area contributed by atoms with Gasteiger partial charge in [0.05, 0.1) is 5.75 Å². The van der Waals surface area contributed by atoms with E-state index in [9.17, 15) is 8.42 Å². The molecule has 0 atom stereocenters. The van der Waals surface area contributed by atoms with Crippen LogP contribution in [0.4, 0.5) is 5.69 Å². The van der Waals surface area contributed by atoms with Gasteiger partial charge in [0.15, 0.2) is 0 Å². The molecule has 0 aromatic heterocycles. The minimum atomic E-state index is -3.14. The molecule has 112 valence electrons. The van der Waals surface area contributed by atoms with Crippen molar-refractivity contribution < 1.29 is 8.42 Å². The number of rotatable bonds is 4. The van der Waals surface area contributed by atoms with E-state index < -0.39 is 10.0 Å². The molecule has 1 heterocycles. The molecule has 0 N–H and O–H groups in total. The van der Waals surface area contributed by atoms with Crippen LogP contribution in [0.2, 0.25) is 0 Å². The van der Waals surface area contributed by atoms with Gasteiger partial charge in [-0.3, -0.25) is 0 Å². The molecule has 5 heteroatoms. The van der Waals surface area contributed by atoms with Gasteiger partial charge in [0.1, 0.15) is 0 Å². The Morgan fingerprint density at radius 3 is 2.35 bits per heavy atom. The molecule has 0 saturated carbocycles. The van der Waals surface area contributed by atoms with Gasteiger partial charge in [0.2, 0.25) is 10.0 Å². The van der Waals surface area contributed by atoms with Crippen LogP contribution in [0, 0.1) is 0 Å². The van der Waals surface area contributed by atoms with Gasteiger partial charge in [-0.1, -0.05) is 25.1 Å². The lowest BCUT2D eigenvalue weighted by Gasteiger charge is -2.46. The van der Waals surface area contributed by atoms with Gasteiger partial charge in [-0.05, 0) is 32.4 Å². The quantitative estimate of drug-likeness (QED) is 0.856. The topological polar surface area (TPSA) is 40.6 Å². The first-order valence-corrected chi connectivity index (χ1v) is 8.78. The van der Waals surface area contributed by atoms with Crippen molar-refractivity contribution in [3.05, 3.63) is 30.3 Å². The van der Waals surface area contributed by atoms with Crippen molar-refractivity contribution in [2.75, 3.05) is 30.3 Å². The molecular weight excluding hydrogens is 272 g/mol. The number of hydrogen-bond acceptors (Lipinski definition) is 3. The van der Waals surface area contributed by atoms with Gasteiger partial charge in [-0.15, -0.1) is 0 Å². The molecule has 1 aromatic carbocycles. The second-order valence-corrected chi connectivity index (χ2v) is 7.97. The van der Waals surface area contributed by atoms with E-state index in [1.165, 1.54) is 0 Å². The van der Waals surface area contributed by atoms with Gasteiger partial charge < -0.3 is 4.90 Å². The zero-order valence-electron chi connectivity index (χ0n) is 12.5. The summed E-state index contributed by atoms with van der Waals surface area (Å²) in [5.41, 5.74) is 0.787. The van der Waals surface area contributed by atoms with Crippen molar-refractivity contribution in [2.24, 2.45) is 0 Å². The van der Waals surface area contributed by atoms with Crippen LogP contribution in [-0.4, -0.2) is 43.6 Å². The molecule has 1 fully saturated rings. The van der Waals surface area contributed by atoms with Gasteiger partial charge in [0, 0.05) is 30.9 Å². The van der Waals surface area contributed by atoms with Crippen LogP contribution in [0.1, 0.15) is 27.2 Å². The highest BCUT2D eigenvalue weighted by atomic mass is 32.2. The summed E-state index contributed by atoms with van der Waals surface area (Å²) in [5, 5.41) is 0. The Hall–Kier alpha value is -1.07. The van der Waals surface area contributed by atoms with E-state index in [-0.39, 0.29) is 11.3 Å². The zero-order chi connectivity index (χ0) is 14.8. The second-order valence-electron chi connectivity index (χ2n) is 5.96. The van der Waals surface area contributed by atoms with Gasteiger partial charge in [-0.25, -0.2) is 8.42 Å². The minimum Gasteiger partial charge on any atom is -0.368 e. The van der Waals surface area contributed by atoms with Crippen molar-refractivity contribution in [2.45, 2.75) is 32.7 Å². The largest absolute Gasteiger partial charge is 0.368 e. The molecule has 0 radical (unpaired) electrons. The molecule has 20 heavy (non-hydrogen) atoms. The van der Waals surface area contributed by atoms with Crippen LogP contribution >= 0.6 is 0 Å². The highest BCUT2D eigenvalue weighted by molar-refractivity contribution is 7.89. The van der Waals surface area contributed by atoms with E-state index >= 15 is 0 Å². The summed E-state index contributed by atoms with van der Waals surface area (Å²) >= 11 is 0. The number of piperazine rings is 1. The Morgan fingerprint density at radius 1 is 1.15 bits per heavy atom. The summed E-state index contributed by atoms with van der Waals surface area (Å²) < 4.78 is 26.4. The van der Waals surface area contributed by atoms with Crippen LogP contribution in [0.3, 0.4) is 0 Å². The van der Waals surface area contributed by atoms with Gasteiger partial charge >= 0.3 is 0 Å². The third kappa shape index (κ3) is 3.15. The maximum Gasteiger partial charge on any atom is 0.214 e. The number of hydrogen-bond donors (Lipinski definition) is 0. The number of nitrogens with zero attached hydrogens (tertiary/aromatic N) is 2. The molecule has 2 rings (SSSR count). The Morgan fingerprint density at radius 2 is 1.80 bits per heavy atom. The first kappa shape index (κ1) is 15.3. The van der Waals surface area contributed by atoms with Crippen LogP contribution < -0.4 is 4.90 Å². The fraction of sp³-hybridized carbons (Fsp3) is 0.600. The van der Waals surface area contributed by atoms with E-state index in [0.717, 1.165) is 18.8 Å². The van der Waals surface area contributed by atoms with Crippen molar-refractivity contribution in [1.82, 2.24) is 4.31 Å². The van der Waals surface area contributed by atoms with Gasteiger partial charge in [-0.2, -0.15) is 4.31 Å². The molecule has 0 bridgehead atoms. The van der Waals surface area contributed by atoms with Crippen LogP contribution in [0.25, 0.3) is 0 Å². The van der Waals surface area contributed by atoms with Crippen LogP contribution in [0.15, 0.2) is 30.3 Å². The van der Waals surface area contributed by atoms with E-state index in [2.05, 4.69) is 17.0 Å². The molecular formula is C15H24N2O2S. The smallest absolute Gasteiger partial charge is 0.214 e. The average Bonchev–Trinajstić information content (AvgIpc) is 2.38. The predicted octanol–water partition coefficient (Wildman–Crippen LogP) is 2.33. The van der Waals surface area contributed by atoms with Gasteiger partial charge in [0.25, 0.3) is 0 Å². The first-order chi connectivity index (χ1) is 9.37. The monoisotopic (exact) mass is 296 g/mol. The Kier molecular flexibility index (Phi) is 4.39. The Balaban J connectivity index is 2.18. The van der Waals surface area contributed by atoms with Crippen LogP contribution in [0.5, 0.6) is 0 Å². The second kappa shape index (κ2) is 5.74. The number of para-hydroxylation sites is 1. The summed E-state index contributed by atoms with van der Waals surface area (Å²) in [5.74, 6) is 0.238. The van der Waals surface area contributed by atoms with Crippen molar-refractivity contribution >= 4 is 15.7 Å². The molecule has 0 amide bonds. The first-order valence-electron chi connectivity index (χ1n) is 7.17. The normalized spacial score (nSPS) is 20.1. The maximum atomic E-state index is 12.4. The number of sulfonamides is 1. The lowest BCUT2D eigenvalue weighted by Crippen LogP contribution is -2.61. The highest BCUT2D eigenvalue weighted by Gasteiger charge is 2.40. The third-order valence-corrected chi connectivity index (χ3v) is 6.02. The maximum absolute atomic E-state index is 12.4. The lowest BCUT2D eigenvalue weighted by molar-refractivity contribution is 0.205. The van der Waals surface area contributed by atoms with Crippen molar-refractivity contribution in [1.29, 1.82) is 0 Å². The SMILES string of the molecule is CCCS(=O)(=O)N1CCN(c2ccccc2)CC1(C)C. The zero-order valence-corrected chi connectivity index (χ0v) is 13.4. The molecule has 0 unspecified atom stereocenters. The molecule has 0 spiro atoms. The van der Waals surface area contributed by atoms with E-state index in [1.54, 1.807) is 4.31 Å². The third-order valence-electron chi connectivity index (χ3n) is 3.75. The van der Waals surface area contributed by atoms with E-state index in [0.29, 0.717) is 13.0 Å². The van der Waals surface area contributed by atoms with Crippen LogP contribution in [-0.2, 0) is 10.0 Å². The summed E-state index contributed by atoms with van der Waals surface area (Å²) in [4.78, 5) is 2.26. The van der Waals surface area contributed by atoms with Crippen molar-refractivity contribution in [3.63, 3.8) is 0 Å². The molecule has 1 aliphatic heterocycles. The number of benzene rings is 1. The molecule has 4 nitrogen and oxygen atoms in total. The summed E-state index contributed by atoms with van der Waals surface area (Å²) in [6.07, 6.45) is 0.664. The predicted molar refractivity (Wildman–Crippen MR) is 83.5 cm³/mol. The summed E-state index contributed by atoms with van der Waals surface area (Å²) in [6, 6.07) is 10.2. The minimum absolute atomic E-state index is 0.238. The molecule has 1 aromatic rings. The summed E-state index contributed by atoms with van der Waals surface area (Å²) in [7, 11) is -3.14. The lowest BCUT2D eigenvalue weighted by atomic mass is 10.0.